The molecule has 0 radical (unpaired) electrons. The molecule has 0 unspecified atom stereocenters. The smallest absolute Gasteiger partial charge is 0.369 e. The van der Waals surface area contributed by atoms with Gasteiger partial charge in [0.15, 0.2) is 0 Å². The fraction of sp³-hybridized carbons (Fsp3) is 0.346. The standard InChI is InChI=1S/C14H14F3N5O3S2.C12H15N5O2S2/c15-14(16,17)12(23)22-7-5-21(6-8-22)10-1-3-11(4-2-10)27(24,25)20-13-18-9-19-26-13;18-21(19,16-12-14-9-15-20-12)11-3-1-10(2-4-11)17-7-5-13-6-8-17/h1-4,9H,5-8H2,(H,18,19,20);1-4,9,13H,5-8H2,(H,14,15,16). The molecule has 22 heteroatoms. The summed E-state index contributed by atoms with van der Waals surface area (Å²) in [5.74, 6) is -1.84. The maximum absolute atomic E-state index is 12.5. The van der Waals surface area contributed by atoms with Gasteiger partial charge in [-0.2, -0.15) is 21.9 Å². The largest absolute Gasteiger partial charge is 0.471 e. The molecule has 15 nitrogen and oxygen atoms in total. The average Bonchev–Trinajstić information content (AvgIpc) is 3.79. The summed E-state index contributed by atoms with van der Waals surface area (Å²) in [6.07, 6.45) is -2.33. The van der Waals surface area contributed by atoms with Crippen molar-refractivity contribution in [3.8, 4) is 0 Å². The molecule has 0 bridgehead atoms. The molecule has 4 heterocycles. The average molecular weight is 747 g/mol. The third kappa shape index (κ3) is 9.06. The zero-order valence-corrected chi connectivity index (χ0v) is 28.1. The molecule has 0 atom stereocenters. The summed E-state index contributed by atoms with van der Waals surface area (Å²) in [6, 6.07) is 12.8. The van der Waals surface area contributed by atoms with Crippen molar-refractivity contribution in [3.05, 3.63) is 61.2 Å². The van der Waals surface area contributed by atoms with Gasteiger partial charge in [-0.3, -0.25) is 14.2 Å². The van der Waals surface area contributed by atoms with Crippen LogP contribution in [0.5, 0.6) is 0 Å². The lowest BCUT2D eigenvalue weighted by molar-refractivity contribution is -0.185. The van der Waals surface area contributed by atoms with E-state index in [0.717, 1.165) is 59.8 Å². The number of sulfonamides is 2. The van der Waals surface area contributed by atoms with Crippen LogP contribution in [0.2, 0.25) is 0 Å². The Bertz CT molecular complexity index is 1850. The number of alkyl halides is 3. The van der Waals surface area contributed by atoms with E-state index in [1.165, 1.54) is 24.8 Å². The van der Waals surface area contributed by atoms with Crippen LogP contribution in [0.3, 0.4) is 0 Å². The third-order valence-corrected chi connectivity index (χ3v) is 11.2. The van der Waals surface area contributed by atoms with Crippen LogP contribution in [0.1, 0.15) is 0 Å². The molecule has 3 N–H and O–H groups in total. The molecule has 1 amide bonds. The van der Waals surface area contributed by atoms with Crippen molar-refractivity contribution in [1.29, 1.82) is 0 Å². The van der Waals surface area contributed by atoms with Gasteiger partial charge in [-0.15, -0.1) is 0 Å². The van der Waals surface area contributed by atoms with Crippen molar-refractivity contribution in [3.63, 3.8) is 0 Å². The summed E-state index contributed by atoms with van der Waals surface area (Å²) in [5.41, 5.74) is 1.69. The van der Waals surface area contributed by atoms with Crippen LogP contribution in [0.4, 0.5) is 34.8 Å². The lowest BCUT2D eigenvalue weighted by Crippen LogP contribution is -2.52. The molecule has 2 fully saturated rings. The zero-order valence-electron chi connectivity index (χ0n) is 24.9. The number of carbonyl (C=O) groups is 1. The van der Waals surface area contributed by atoms with E-state index in [9.17, 15) is 34.8 Å². The van der Waals surface area contributed by atoms with Crippen molar-refractivity contribution >= 4 is 70.7 Å². The molecule has 2 aliphatic rings. The normalized spacial score (nSPS) is 15.8. The molecule has 0 aliphatic carbocycles. The first-order chi connectivity index (χ1) is 22.8. The van der Waals surface area contributed by atoms with E-state index in [-0.39, 0.29) is 46.2 Å². The van der Waals surface area contributed by atoms with Gasteiger partial charge >= 0.3 is 12.1 Å². The quantitative estimate of drug-likeness (QED) is 0.240. The van der Waals surface area contributed by atoms with Crippen LogP contribution in [0.25, 0.3) is 0 Å². The van der Waals surface area contributed by atoms with Gasteiger partial charge < -0.3 is 20.0 Å². The molecule has 2 saturated heterocycles. The number of aromatic nitrogens is 4. The number of amides is 1. The molecular weight excluding hydrogens is 718 g/mol. The Morgan fingerprint density at radius 3 is 1.48 bits per heavy atom. The van der Waals surface area contributed by atoms with Crippen molar-refractivity contribution < 1.29 is 34.8 Å². The maximum atomic E-state index is 12.5. The molecular formula is C26H29F3N10O5S4. The van der Waals surface area contributed by atoms with Crippen molar-refractivity contribution in [2.75, 3.05) is 71.6 Å². The first kappa shape index (κ1) is 35.2. The monoisotopic (exact) mass is 746 g/mol. The number of rotatable bonds is 8. The molecule has 48 heavy (non-hydrogen) atoms. The molecule has 6 rings (SSSR count). The first-order valence-corrected chi connectivity index (χ1v) is 18.7. The summed E-state index contributed by atoms with van der Waals surface area (Å²) in [5, 5.41) is 3.69. The second-order valence-electron chi connectivity index (χ2n) is 10.2. The Morgan fingerprint density at radius 1 is 0.688 bits per heavy atom. The van der Waals surface area contributed by atoms with E-state index in [2.05, 4.69) is 38.4 Å². The van der Waals surface area contributed by atoms with Gasteiger partial charge in [0, 0.05) is 86.8 Å². The second-order valence-corrected chi connectivity index (χ2v) is 15.1. The highest BCUT2D eigenvalue weighted by atomic mass is 32.2. The Morgan fingerprint density at radius 2 is 1.10 bits per heavy atom. The van der Waals surface area contributed by atoms with Crippen LogP contribution >= 0.6 is 23.1 Å². The summed E-state index contributed by atoms with van der Waals surface area (Å²) in [6.45, 7) is 4.06. The van der Waals surface area contributed by atoms with Gasteiger partial charge in [-0.1, -0.05) is 0 Å². The summed E-state index contributed by atoms with van der Waals surface area (Å²) < 4.78 is 98.5. The highest BCUT2D eigenvalue weighted by molar-refractivity contribution is 7.93. The molecule has 258 valence electrons. The SMILES string of the molecule is O=C(N1CCN(c2ccc(S(=O)(=O)Nc3ncns3)cc2)CC1)C(F)(F)F.O=S(=O)(Nc1ncns1)c1ccc(N2CCNCC2)cc1. The van der Waals surface area contributed by atoms with Gasteiger partial charge in [0.05, 0.1) is 9.79 Å². The lowest BCUT2D eigenvalue weighted by atomic mass is 10.2. The number of hydrogen-bond donors (Lipinski definition) is 3. The molecule has 2 aromatic carbocycles. The number of carbonyl (C=O) groups excluding carboxylic acids is 1. The van der Waals surface area contributed by atoms with Crippen LogP contribution in [-0.4, -0.2) is 105 Å². The van der Waals surface area contributed by atoms with Crippen molar-refractivity contribution in [2.45, 2.75) is 16.0 Å². The lowest BCUT2D eigenvalue weighted by Gasteiger charge is -2.36. The van der Waals surface area contributed by atoms with E-state index < -0.39 is 32.1 Å². The van der Waals surface area contributed by atoms with E-state index in [4.69, 9.17) is 0 Å². The Hall–Kier alpha value is -4.12. The molecule has 0 spiro atoms. The number of halogens is 3. The van der Waals surface area contributed by atoms with Crippen LogP contribution in [0.15, 0.2) is 71.0 Å². The minimum Gasteiger partial charge on any atom is -0.369 e. The van der Waals surface area contributed by atoms with Gasteiger partial charge in [-0.05, 0) is 48.5 Å². The minimum absolute atomic E-state index is 0.0207. The van der Waals surface area contributed by atoms with Crippen molar-refractivity contribution in [1.82, 2.24) is 28.9 Å². The second kappa shape index (κ2) is 15.0. The third-order valence-electron chi connectivity index (χ3n) is 7.12. The van der Waals surface area contributed by atoms with E-state index >= 15 is 0 Å². The zero-order chi connectivity index (χ0) is 34.4. The highest BCUT2D eigenvalue weighted by Gasteiger charge is 2.43. The van der Waals surface area contributed by atoms with Gasteiger partial charge in [0.25, 0.3) is 20.0 Å². The maximum Gasteiger partial charge on any atom is 0.471 e. The number of anilines is 4. The number of hydrogen-bond acceptors (Lipinski definition) is 14. The van der Waals surface area contributed by atoms with E-state index in [1.54, 1.807) is 29.2 Å². The molecule has 2 aromatic heterocycles. The van der Waals surface area contributed by atoms with Crippen molar-refractivity contribution in [2.24, 2.45) is 0 Å². The Balaban J connectivity index is 0.000000194. The number of piperazine rings is 2. The van der Waals surface area contributed by atoms with Crippen LogP contribution in [-0.2, 0) is 24.8 Å². The molecule has 2 aliphatic heterocycles. The fourth-order valence-corrected chi connectivity index (χ4v) is 8.05. The highest BCUT2D eigenvalue weighted by Crippen LogP contribution is 2.24. The van der Waals surface area contributed by atoms with Crippen LogP contribution < -0.4 is 24.6 Å². The van der Waals surface area contributed by atoms with Gasteiger partial charge in [0.2, 0.25) is 10.3 Å². The summed E-state index contributed by atoms with van der Waals surface area (Å²) >= 11 is 1.91. The predicted molar refractivity (Wildman–Crippen MR) is 174 cm³/mol. The van der Waals surface area contributed by atoms with Crippen LogP contribution in [0, 0.1) is 0 Å². The first-order valence-electron chi connectivity index (χ1n) is 14.2. The number of nitrogens with zero attached hydrogens (tertiary/aromatic N) is 7. The fourth-order valence-electron chi connectivity index (χ4n) is 4.73. The van der Waals surface area contributed by atoms with E-state index in [1.807, 2.05) is 12.1 Å². The van der Waals surface area contributed by atoms with Gasteiger partial charge in [0.1, 0.15) is 12.7 Å². The summed E-state index contributed by atoms with van der Waals surface area (Å²) in [4.78, 5) is 23.8. The van der Waals surface area contributed by atoms with Gasteiger partial charge in [-0.25, -0.2) is 26.8 Å². The molecule has 0 saturated carbocycles. The predicted octanol–water partition coefficient (Wildman–Crippen LogP) is 2.30. The Labute approximate surface area is 282 Å². The molecule has 4 aromatic rings. The number of nitrogens with one attached hydrogen (secondary N) is 3. The van der Waals surface area contributed by atoms with E-state index in [0.29, 0.717) is 5.69 Å². The topological polar surface area (TPSA) is 183 Å². The minimum atomic E-state index is -4.88. The number of benzene rings is 2. The Kier molecular flexibility index (Phi) is 11.0. The summed E-state index contributed by atoms with van der Waals surface area (Å²) in [7, 11) is -7.41.